The Labute approximate surface area is 145 Å². The predicted octanol–water partition coefficient (Wildman–Crippen LogP) is 5.53. The van der Waals surface area contributed by atoms with E-state index in [4.69, 9.17) is 11.6 Å². The van der Waals surface area contributed by atoms with Crippen molar-refractivity contribution < 1.29 is 9.90 Å². The Bertz CT molecular complexity index is 700. The normalized spacial score (nSPS) is 15.5. The van der Waals surface area contributed by atoms with Crippen LogP contribution in [0.1, 0.15) is 41.2 Å². The van der Waals surface area contributed by atoms with Gasteiger partial charge in [0.25, 0.3) is 0 Å². The molecule has 0 fully saturated rings. The third kappa shape index (κ3) is 3.73. The number of carboxylic acid groups (broad SMARTS) is 1. The molecule has 2 nitrogen and oxygen atoms in total. The van der Waals surface area contributed by atoms with Crippen molar-refractivity contribution in [2.75, 3.05) is 0 Å². The number of fused-ring (bicyclic) bond motifs is 1. The lowest BCUT2D eigenvalue weighted by atomic mass is 10.0. The minimum Gasteiger partial charge on any atom is -0.480 e. The highest BCUT2D eigenvalue weighted by atomic mass is 35.5. The fourth-order valence-corrected chi connectivity index (χ4v) is 4.57. The van der Waals surface area contributed by atoms with Crippen molar-refractivity contribution in [3.05, 3.63) is 64.2 Å². The summed E-state index contributed by atoms with van der Waals surface area (Å²) in [4.78, 5) is 12.7. The molecule has 4 heteroatoms. The van der Waals surface area contributed by atoms with Crippen LogP contribution >= 0.6 is 23.4 Å². The summed E-state index contributed by atoms with van der Waals surface area (Å²) in [5, 5.41) is 9.70. The molecule has 0 aliphatic heterocycles. The Morgan fingerprint density at radius 3 is 2.52 bits per heavy atom. The van der Waals surface area contributed by atoms with Gasteiger partial charge in [-0.25, -0.2) is 0 Å². The molecule has 23 heavy (non-hydrogen) atoms. The fourth-order valence-electron chi connectivity index (χ4n) is 3.08. The Morgan fingerprint density at radius 1 is 1.04 bits per heavy atom. The van der Waals surface area contributed by atoms with E-state index in [0.29, 0.717) is 5.02 Å². The van der Waals surface area contributed by atoms with E-state index in [9.17, 15) is 9.90 Å². The number of carbonyl (C=O) groups is 1. The summed E-state index contributed by atoms with van der Waals surface area (Å²) >= 11 is 7.81. The summed E-state index contributed by atoms with van der Waals surface area (Å²) in [7, 11) is 0. The molecule has 0 heterocycles. The minimum atomic E-state index is -0.830. The third-order valence-electron chi connectivity index (χ3n) is 4.24. The highest BCUT2D eigenvalue weighted by Gasteiger charge is 2.25. The van der Waals surface area contributed by atoms with E-state index in [1.165, 1.54) is 35.7 Å². The number of rotatable bonds is 4. The SMILES string of the molecule is O=C(O)C(Sc1c(Cl)ccc2c1CCCCC2)c1ccccc1. The molecule has 0 spiro atoms. The molecule has 1 atom stereocenters. The van der Waals surface area contributed by atoms with Gasteiger partial charge >= 0.3 is 5.97 Å². The van der Waals surface area contributed by atoms with E-state index in [1.54, 1.807) is 0 Å². The van der Waals surface area contributed by atoms with Gasteiger partial charge in [0.2, 0.25) is 0 Å². The van der Waals surface area contributed by atoms with E-state index in [-0.39, 0.29) is 0 Å². The van der Waals surface area contributed by atoms with Crippen LogP contribution in [0.5, 0.6) is 0 Å². The van der Waals surface area contributed by atoms with Gasteiger partial charge in [-0.15, -0.1) is 11.8 Å². The predicted molar refractivity (Wildman–Crippen MR) is 95.4 cm³/mol. The molecule has 0 amide bonds. The smallest absolute Gasteiger partial charge is 0.321 e. The van der Waals surface area contributed by atoms with Gasteiger partial charge in [0, 0.05) is 4.90 Å². The van der Waals surface area contributed by atoms with E-state index >= 15 is 0 Å². The molecule has 0 saturated carbocycles. The number of thioether (sulfide) groups is 1. The van der Waals surface area contributed by atoms with Crippen molar-refractivity contribution in [3.63, 3.8) is 0 Å². The minimum absolute atomic E-state index is 0.636. The first-order valence-corrected chi connectivity index (χ1v) is 9.17. The lowest BCUT2D eigenvalue weighted by Crippen LogP contribution is -2.09. The lowest BCUT2D eigenvalue weighted by Gasteiger charge is -2.18. The van der Waals surface area contributed by atoms with E-state index < -0.39 is 11.2 Å². The van der Waals surface area contributed by atoms with Crippen LogP contribution in [0.4, 0.5) is 0 Å². The standard InChI is InChI=1S/C19H19ClO2S/c20-16-12-11-13-7-3-2-6-10-15(13)18(16)23-17(19(21)22)14-8-4-1-5-9-14/h1,4-5,8-9,11-12,17H,2-3,6-7,10H2,(H,21,22). The van der Waals surface area contributed by atoms with Crippen molar-refractivity contribution in [1.82, 2.24) is 0 Å². The zero-order valence-corrected chi connectivity index (χ0v) is 14.4. The van der Waals surface area contributed by atoms with Crippen LogP contribution in [0.2, 0.25) is 5.02 Å². The van der Waals surface area contributed by atoms with E-state index in [2.05, 4.69) is 6.07 Å². The van der Waals surface area contributed by atoms with Crippen molar-refractivity contribution in [2.45, 2.75) is 42.2 Å². The highest BCUT2D eigenvalue weighted by Crippen LogP contribution is 2.43. The second-order valence-corrected chi connectivity index (χ2v) is 7.34. The number of benzene rings is 2. The first kappa shape index (κ1) is 16.4. The highest BCUT2D eigenvalue weighted by molar-refractivity contribution is 8.00. The van der Waals surface area contributed by atoms with E-state index in [0.717, 1.165) is 29.7 Å². The van der Waals surface area contributed by atoms with Crippen molar-refractivity contribution in [3.8, 4) is 0 Å². The van der Waals surface area contributed by atoms with Crippen LogP contribution in [0.25, 0.3) is 0 Å². The molecular formula is C19H19ClO2S. The largest absolute Gasteiger partial charge is 0.480 e. The molecule has 120 valence electrons. The summed E-state index contributed by atoms with van der Waals surface area (Å²) in [5.41, 5.74) is 3.38. The van der Waals surface area contributed by atoms with Gasteiger partial charge in [-0.2, -0.15) is 0 Å². The number of hydrogen-bond acceptors (Lipinski definition) is 2. The number of halogens is 1. The van der Waals surface area contributed by atoms with Gasteiger partial charge in [0.1, 0.15) is 5.25 Å². The third-order valence-corrected chi connectivity index (χ3v) is 6.08. The molecule has 1 aliphatic rings. The molecule has 0 bridgehead atoms. The van der Waals surface area contributed by atoms with Gasteiger partial charge in [0.05, 0.1) is 5.02 Å². The quantitative estimate of drug-likeness (QED) is 0.584. The summed E-state index contributed by atoms with van der Waals surface area (Å²) in [6.07, 6.45) is 5.60. The number of carboxylic acids is 1. The van der Waals surface area contributed by atoms with Crippen LogP contribution in [-0.4, -0.2) is 11.1 Å². The van der Waals surface area contributed by atoms with Gasteiger partial charge in [0.15, 0.2) is 0 Å². The number of aliphatic carboxylic acids is 1. The molecular weight excluding hydrogens is 328 g/mol. The zero-order chi connectivity index (χ0) is 16.2. The lowest BCUT2D eigenvalue weighted by molar-refractivity contribution is -0.136. The monoisotopic (exact) mass is 346 g/mol. The molecule has 1 unspecified atom stereocenters. The first-order chi connectivity index (χ1) is 11.2. The van der Waals surface area contributed by atoms with E-state index in [1.807, 2.05) is 36.4 Å². The average molecular weight is 347 g/mol. The maximum atomic E-state index is 11.8. The molecule has 1 N–H and O–H groups in total. The van der Waals surface area contributed by atoms with Gasteiger partial charge < -0.3 is 5.11 Å². The van der Waals surface area contributed by atoms with Gasteiger partial charge in [-0.05, 0) is 48.4 Å². The summed E-state index contributed by atoms with van der Waals surface area (Å²) in [6.45, 7) is 0. The Kier molecular flexibility index (Phi) is 5.29. The van der Waals surface area contributed by atoms with Crippen molar-refractivity contribution >= 4 is 29.3 Å². The zero-order valence-electron chi connectivity index (χ0n) is 12.8. The molecule has 0 aromatic heterocycles. The fraction of sp³-hybridized carbons (Fsp3) is 0.316. The van der Waals surface area contributed by atoms with Crippen LogP contribution < -0.4 is 0 Å². The Balaban J connectivity index is 1.99. The van der Waals surface area contributed by atoms with Crippen LogP contribution in [-0.2, 0) is 17.6 Å². The topological polar surface area (TPSA) is 37.3 Å². The number of hydrogen-bond donors (Lipinski definition) is 1. The van der Waals surface area contributed by atoms with Gasteiger partial charge in [-0.1, -0.05) is 54.4 Å². The second kappa shape index (κ2) is 7.41. The summed E-state index contributed by atoms with van der Waals surface area (Å²) in [6, 6.07) is 13.4. The maximum absolute atomic E-state index is 11.8. The summed E-state index contributed by atoms with van der Waals surface area (Å²) < 4.78 is 0. The molecule has 2 aromatic carbocycles. The molecule has 0 saturated heterocycles. The summed E-state index contributed by atoms with van der Waals surface area (Å²) in [5.74, 6) is -0.830. The van der Waals surface area contributed by atoms with Gasteiger partial charge in [-0.3, -0.25) is 4.79 Å². The van der Waals surface area contributed by atoms with Crippen LogP contribution in [0.3, 0.4) is 0 Å². The van der Waals surface area contributed by atoms with Crippen LogP contribution in [0.15, 0.2) is 47.4 Å². The molecule has 0 radical (unpaired) electrons. The molecule has 1 aliphatic carbocycles. The molecule has 2 aromatic rings. The molecule has 3 rings (SSSR count). The Morgan fingerprint density at radius 2 is 1.78 bits per heavy atom. The average Bonchev–Trinajstić information content (AvgIpc) is 2.80. The van der Waals surface area contributed by atoms with Crippen molar-refractivity contribution in [2.24, 2.45) is 0 Å². The van der Waals surface area contributed by atoms with Crippen molar-refractivity contribution in [1.29, 1.82) is 0 Å². The maximum Gasteiger partial charge on any atom is 0.321 e. The van der Waals surface area contributed by atoms with Crippen LogP contribution in [0, 0.1) is 0 Å². The Hall–Kier alpha value is -1.45. The number of aryl methyl sites for hydroxylation is 1. The second-order valence-electron chi connectivity index (χ2n) is 5.82. The first-order valence-electron chi connectivity index (χ1n) is 7.91.